The largest absolute Gasteiger partial charge is 0.381 e. The Bertz CT molecular complexity index is 615. The number of nitrogens with one attached hydrogen (secondary N) is 1. The summed E-state index contributed by atoms with van der Waals surface area (Å²) in [4.78, 5) is 33.0. The normalized spacial score (nSPS) is 19.7. The van der Waals surface area contributed by atoms with Crippen LogP contribution in [0.3, 0.4) is 0 Å². The molecule has 2 saturated heterocycles. The Balaban J connectivity index is 1.59. The van der Waals surface area contributed by atoms with E-state index in [-0.39, 0.29) is 24.1 Å². The van der Waals surface area contributed by atoms with Crippen LogP contribution in [0.5, 0.6) is 0 Å². The summed E-state index contributed by atoms with van der Waals surface area (Å²) >= 11 is 0. The average Bonchev–Trinajstić information content (AvgIpc) is 3.12. The van der Waals surface area contributed by atoms with Gasteiger partial charge in [-0.3, -0.25) is 4.79 Å². The van der Waals surface area contributed by atoms with Crippen molar-refractivity contribution >= 4 is 11.9 Å². The number of hydrogen-bond donors (Lipinski definition) is 1. The van der Waals surface area contributed by atoms with Gasteiger partial charge >= 0.3 is 6.03 Å². The van der Waals surface area contributed by atoms with Gasteiger partial charge in [-0.1, -0.05) is 0 Å². The van der Waals surface area contributed by atoms with E-state index in [9.17, 15) is 9.59 Å². The molecule has 27 heavy (non-hydrogen) atoms. The molecule has 0 atom stereocenters. The third kappa shape index (κ3) is 4.78. The molecule has 1 N–H and O–H groups in total. The second-order valence-corrected chi connectivity index (χ2v) is 7.08. The van der Waals surface area contributed by atoms with Gasteiger partial charge in [0.2, 0.25) is 5.91 Å². The first kappa shape index (κ1) is 19.6. The number of nitrogens with zero attached hydrogens (tertiary/aromatic N) is 4. The minimum Gasteiger partial charge on any atom is -0.381 e. The van der Waals surface area contributed by atoms with Crippen molar-refractivity contribution in [3.8, 4) is 0 Å². The summed E-state index contributed by atoms with van der Waals surface area (Å²) in [6, 6.07) is -0.0848. The van der Waals surface area contributed by atoms with Gasteiger partial charge < -0.3 is 29.2 Å². The Morgan fingerprint density at radius 1 is 1.22 bits per heavy atom. The molecule has 2 aliphatic rings. The highest BCUT2D eigenvalue weighted by Gasteiger charge is 2.43. The van der Waals surface area contributed by atoms with E-state index in [1.54, 1.807) is 12.5 Å². The molecule has 0 aliphatic carbocycles. The predicted molar refractivity (Wildman–Crippen MR) is 98.2 cm³/mol. The van der Waals surface area contributed by atoms with Gasteiger partial charge in [0.05, 0.1) is 6.33 Å². The highest BCUT2D eigenvalue weighted by atomic mass is 16.5. The Hall–Kier alpha value is -2.13. The van der Waals surface area contributed by atoms with Gasteiger partial charge in [0.15, 0.2) is 0 Å². The number of carbonyl (C=O) groups is 2. The van der Waals surface area contributed by atoms with Gasteiger partial charge in [-0.15, -0.1) is 0 Å². The summed E-state index contributed by atoms with van der Waals surface area (Å²) in [7, 11) is 1.53. The minimum absolute atomic E-state index is 0.0123. The van der Waals surface area contributed by atoms with E-state index < -0.39 is 0 Å². The zero-order chi connectivity index (χ0) is 19.1. The van der Waals surface area contributed by atoms with Gasteiger partial charge in [-0.05, 0) is 19.3 Å². The lowest BCUT2D eigenvalue weighted by Crippen LogP contribution is -2.55. The number of hydrogen-bond acceptors (Lipinski definition) is 5. The third-order valence-corrected chi connectivity index (χ3v) is 5.50. The monoisotopic (exact) mass is 379 g/mol. The molecule has 2 aliphatic heterocycles. The van der Waals surface area contributed by atoms with Crippen LogP contribution in [-0.4, -0.2) is 89.9 Å². The van der Waals surface area contributed by atoms with Gasteiger partial charge in [0.1, 0.15) is 6.61 Å². The second kappa shape index (κ2) is 9.18. The number of amides is 3. The topological polar surface area (TPSA) is 88.9 Å². The van der Waals surface area contributed by atoms with E-state index in [0.29, 0.717) is 45.9 Å². The molecule has 9 nitrogen and oxygen atoms in total. The molecular weight excluding hydrogens is 350 g/mol. The fourth-order valence-electron chi connectivity index (χ4n) is 3.94. The Labute approximate surface area is 159 Å². The SMILES string of the molecule is COCC(=O)N1CCN(C(=O)NCCn2ccnc2)CCC12CCOCC2. The number of imidazole rings is 1. The molecule has 2 fully saturated rings. The number of ether oxygens (including phenoxy) is 2. The van der Waals surface area contributed by atoms with E-state index in [0.717, 1.165) is 19.3 Å². The van der Waals surface area contributed by atoms with E-state index >= 15 is 0 Å². The smallest absolute Gasteiger partial charge is 0.317 e. The highest BCUT2D eigenvalue weighted by molar-refractivity contribution is 5.79. The molecule has 3 rings (SSSR count). The summed E-state index contributed by atoms with van der Waals surface area (Å²) in [6.07, 6.45) is 7.69. The number of aromatic nitrogens is 2. The summed E-state index contributed by atoms with van der Waals surface area (Å²) in [5, 5.41) is 2.96. The van der Waals surface area contributed by atoms with E-state index in [2.05, 4.69) is 10.3 Å². The van der Waals surface area contributed by atoms with Crippen LogP contribution in [0.25, 0.3) is 0 Å². The van der Waals surface area contributed by atoms with Crippen molar-refractivity contribution in [2.45, 2.75) is 31.3 Å². The van der Waals surface area contributed by atoms with Crippen LogP contribution >= 0.6 is 0 Å². The maximum absolute atomic E-state index is 12.6. The van der Waals surface area contributed by atoms with Crippen LogP contribution in [-0.2, 0) is 20.8 Å². The van der Waals surface area contributed by atoms with Crippen LogP contribution in [0.15, 0.2) is 18.7 Å². The zero-order valence-electron chi connectivity index (χ0n) is 15.9. The van der Waals surface area contributed by atoms with Gasteiger partial charge in [0.25, 0.3) is 0 Å². The summed E-state index contributed by atoms with van der Waals surface area (Å²) in [5.74, 6) is -0.0123. The van der Waals surface area contributed by atoms with Crippen molar-refractivity contribution in [3.05, 3.63) is 18.7 Å². The molecule has 0 unspecified atom stereocenters. The summed E-state index contributed by atoms with van der Waals surface area (Å²) < 4.78 is 12.5. The zero-order valence-corrected chi connectivity index (χ0v) is 15.9. The van der Waals surface area contributed by atoms with Gasteiger partial charge in [-0.25, -0.2) is 9.78 Å². The summed E-state index contributed by atoms with van der Waals surface area (Å²) in [6.45, 7) is 4.26. The maximum Gasteiger partial charge on any atom is 0.317 e. The number of rotatable bonds is 5. The summed E-state index contributed by atoms with van der Waals surface area (Å²) in [5.41, 5.74) is -0.236. The Morgan fingerprint density at radius 3 is 2.74 bits per heavy atom. The molecule has 3 heterocycles. The van der Waals surface area contributed by atoms with Crippen LogP contribution in [0, 0.1) is 0 Å². The first-order valence-corrected chi connectivity index (χ1v) is 9.50. The van der Waals surface area contributed by atoms with Crippen molar-refractivity contribution < 1.29 is 19.1 Å². The lowest BCUT2D eigenvalue weighted by molar-refractivity contribution is -0.145. The molecule has 1 spiro atoms. The lowest BCUT2D eigenvalue weighted by atomic mass is 9.84. The van der Waals surface area contributed by atoms with Crippen LogP contribution in [0.4, 0.5) is 4.79 Å². The van der Waals surface area contributed by atoms with Crippen molar-refractivity contribution in [3.63, 3.8) is 0 Å². The molecule has 0 saturated carbocycles. The highest BCUT2D eigenvalue weighted by Crippen LogP contribution is 2.33. The van der Waals surface area contributed by atoms with E-state index in [4.69, 9.17) is 9.47 Å². The molecule has 1 aromatic rings. The Morgan fingerprint density at radius 2 is 2.04 bits per heavy atom. The average molecular weight is 379 g/mol. The molecule has 150 valence electrons. The Kier molecular flexibility index (Phi) is 6.68. The predicted octanol–water partition coefficient (Wildman–Crippen LogP) is 0.323. The van der Waals surface area contributed by atoms with Crippen molar-refractivity contribution in [2.75, 3.05) is 53.1 Å². The lowest BCUT2D eigenvalue weighted by Gasteiger charge is -2.45. The van der Waals surface area contributed by atoms with Gasteiger partial charge in [0, 0.05) is 71.0 Å². The van der Waals surface area contributed by atoms with Crippen molar-refractivity contribution in [1.29, 1.82) is 0 Å². The molecule has 3 amide bonds. The van der Waals surface area contributed by atoms with Crippen LogP contribution < -0.4 is 5.32 Å². The van der Waals surface area contributed by atoms with Crippen LogP contribution in [0.1, 0.15) is 19.3 Å². The third-order valence-electron chi connectivity index (χ3n) is 5.50. The van der Waals surface area contributed by atoms with E-state index in [1.165, 1.54) is 7.11 Å². The molecule has 9 heteroatoms. The molecular formula is C18H29N5O4. The fourth-order valence-corrected chi connectivity index (χ4v) is 3.94. The maximum atomic E-state index is 12.6. The number of urea groups is 1. The standard InChI is InChI=1S/C18H29N5O4/c1-26-14-16(24)23-11-10-22(7-2-18(23)3-12-27-13-4-18)17(25)20-6-9-21-8-5-19-15-21/h5,8,15H,2-4,6-7,9-14H2,1H3,(H,20,25). The molecule has 0 bridgehead atoms. The fraction of sp³-hybridized carbons (Fsp3) is 0.722. The first-order chi connectivity index (χ1) is 13.1. The van der Waals surface area contributed by atoms with Crippen LogP contribution in [0.2, 0.25) is 0 Å². The molecule has 0 radical (unpaired) electrons. The first-order valence-electron chi connectivity index (χ1n) is 9.50. The van der Waals surface area contributed by atoms with Crippen molar-refractivity contribution in [2.24, 2.45) is 0 Å². The van der Waals surface area contributed by atoms with Crippen molar-refractivity contribution in [1.82, 2.24) is 24.7 Å². The second-order valence-electron chi connectivity index (χ2n) is 7.08. The quantitative estimate of drug-likeness (QED) is 0.796. The molecule has 0 aromatic carbocycles. The van der Waals surface area contributed by atoms with E-state index in [1.807, 2.05) is 20.6 Å². The number of methoxy groups -OCH3 is 1. The molecule has 1 aromatic heterocycles. The van der Waals surface area contributed by atoms with Gasteiger partial charge in [-0.2, -0.15) is 0 Å². The minimum atomic E-state index is -0.236. The number of carbonyl (C=O) groups excluding carboxylic acids is 2.